The van der Waals surface area contributed by atoms with Gasteiger partial charge >= 0.3 is 0 Å². The van der Waals surface area contributed by atoms with Gasteiger partial charge in [0.05, 0.1) is 12.7 Å². The van der Waals surface area contributed by atoms with E-state index < -0.39 is 0 Å². The zero-order valence-corrected chi connectivity index (χ0v) is 17.9. The number of nitrogens with zero attached hydrogens (tertiary/aromatic N) is 5. The molecule has 0 aliphatic carbocycles. The number of carbonyl (C=O) groups excluding carboxylic acids is 1. The molecule has 2 heterocycles. The highest BCUT2D eigenvalue weighted by Crippen LogP contribution is 2.15. The number of aromatic nitrogens is 3. The van der Waals surface area contributed by atoms with Crippen LogP contribution >= 0.6 is 0 Å². The molecule has 3 aromatic rings. The van der Waals surface area contributed by atoms with Crippen LogP contribution in [-0.2, 0) is 6.54 Å². The number of hydrogen-bond donors (Lipinski definition) is 1. The number of rotatable bonds is 9. The lowest BCUT2D eigenvalue weighted by Gasteiger charge is -2.36. The molecule has 0 spiro atoms. The van der Waals surface area contributed by atoms with Crippen LogP contribution in [0.2, 0.25) is 0 Å². The van der Waals surface area contributed by atoms with Crippen LogP contribution in [0.5, 0.6) is 0 Å². The summed E-state index contributed by atoms with van der Waals surface area (Å²) >= 11 is 0. The van der Waals surface area contributed by atoms with Crippen molar-refractivity contribution in [1.29, 1.82) is 0 Å². The van der Waals surface area contributed by atoms with Gasteiger partial charge in [0.1, 0.15) is 0 Å². The topological polar surface area (TPSA) is 66.3 Å². The van der Waals surface area contributed by atoms with Crippen molar-refractivity contribution in [2.75, 3.05) is 44.2 Å². The molecule has 4 rings (SSSR count). The van der Waals surface area contributed by atoms with Crippen molar-refractivity contribution in [2.24, 2.45) is 0 Å². The van der Waals surface area contributed by atoms with Crippen molar-refractivity contribution in [3.8, 4) is 0 Å². The van der Waals surface area contributed by atoms with Gasteiger partial charge in [0.2, 0.25) is 0 Å². The molecule has 1 amide bonds. The highest BCUT2D eigenvalue weighted by Gasteiger charge is 2.16. The Labute approximate surface area is 183 Å². The largest absolute Gasteiger partial charge is 0.369 e. The van der Waals surface area contributed by atoms with Crippen LogP contribution in [-0.4, -0.2) is 65.1 Å². The zero-order valence-electron chi connectivity index (χ0n) is 17.9. The molecule has 1 aromatic heterocycles. The summed E-state index contributed by atoms with van der Waals surface area (Å²) < 4.78 is 1.69. The van der Waals surface area contributed by atoms with E-state index in [2.05, 4.69) is 55.8 Å². The lowest BCUT2D eigenvalue weighted by Crippen LogP contribution is -2.46. The molecule has 0 saturated carbocycles. The summed E-state index contributed by atoms with van der Waals surface area (Å²) in [6.45, 7) is 6.66. The fourth-order valence-corrected chi connectivity index (χ4v) is 3.87. The van der Waals surface area contributed by atoms with Crippen LogP contribution < -0.4 is 10.2 Å². The van der Waals surface area contributed by atoms with Crippen LogP contribution in [0.1, 0.15) is 28.9 Å². The first-order valence-electron chi connectivity index (χ1n) is 11.0. The lowest BCUT2D eigenvalue weighted by molar-refractivity contribution is 0.0947. The molecular formula is C24H30N6O. The molecule has 1 aliphatic rings. The third-order valence-electron chi connectivity index (χ3n) is 5.64. The quantitative estimate of drug-likeness (QED) is 0.541. The second-order valence-corrected chi connectivity index (χ2v) is 7.91. The number of benzene rings is 2. The van der Waals surface area contributed by atoms with Crippen LogP contribution in [0.15, 0.2) is 66.9 Å². The van der Waals surface area contributed by atoms with Gasteiger partial charge in [0, 0.05) is 38.4 Å². The van der Waals surface area contributed by atoms with Gasteiger partial charge in [-0.05, 0) is 37.1 Å². The van der Waals surface area contributed by atoms with Crippen molar-refractivity contribution >= 4 is 11.6 Å². The Bertz CT molecular complexity index is 935. The summed E-state index contributed by atoms with van der Waals surface area (Å²) in [7, 11) is 0. The smallest absolute Gasteiger partial charge is 0.273 e. The van der Waals surface area contributed by atoms with Gasteiger partial charge in [-0.3, -0.25) is 9.69 Å². The number of unbranched alkanes of at least 4 members (excludes halogenated alkanes) is 1. The van der Waals surface area contributed by atoms with E-state index in [4.69, 9.17) is 0 Å². The molecule has 2 aromatic carbocycles. The number of hydrogen-bond acceptors (Lipinski definition) is 5. The first kappa shape index (κ1) is 21.1. The maximum absolute atomic E-state index is 12.3. The molecule has 0 radical (unpaired) electrons. The first-order valence-corrected chi connectivity index (χ1v) is 11.0. The van der Waals surface area contributed by atoms with E-state index in [0.29, 0.717) is 18.8 Å². The highest BCUT2D eigenvalue weighted by atomic mass is 16.2. The molecule has 1 N–H and O–H groups in total. The summed E-state index contributed by atoms with van der Waals surface area (Å²) in [5, 5.41) is 11.0. The van der Waals surface area contributed by atoms with Gasteiger partial charge in [-0.1, -0.05) is 53.7 Å². The molecule has 1 saturated heterocycles. The number of anilines is 1. The van der Waals surface area contributed by atoms with Crippen molar-refractivity contribution in [2.45, 2.75) is 19.4 Å². The Morgan fingerprint density at radius 1 is 0.903 bits per heavy atom. The van der Waals surface area contributed by atoms with Crippen molar-refractivity contribution in [1.82, 2.24) is 25.2 Å². The van der Waals surface area contributed by atoms with Crippen molar-refractivity contribution in [3.63, 3.8) is 0 Å². The zero-order chi connectivity index (χ0) is 21.3. The van der Waals surface area contributed by atoms with Gasteiger partial charge in [-0.15, -0.1) is 5.10 Å². The maximum atomic E-state index is 12.3. The first-order chi connectivity index (χ1) is 15.3. The summed E-state index contributed by atoms with van der Waals surface area (Å²) in [5.74, 6) is -0.157. The van der Waals surface area contributed by atoms with Crippen LogP contribution in [0, 0.1) is 0 Å². The molecule has 0 unspecified atom stereocenters. The predicted octanol–water partition coefficient (Wildman–Crippen LogP) is 2.66. The van der Waals surface area contributed by atoms with E-state index in [1.807, 2.05) is 30.3 Å². The fourth-order valence-electron chi connectivity index (χ4n) is 3.87. The van der Waals surface area contributed by atoms with E-state index in [1.165, 1.54) is 5.69 Å². The summed E-state index contributed by atoms with van der Waals surface area (Å²) in [4.78, 5) is 17.3. The average molecular weight is 419 g/mol. The van der Waals surface area contributed by atoms with Gasteiger partial charge < -0.3 is 10.2 Å². The van der Waals surface area contributed by atoms with Gasteiger partial charge in [-0.2, -0.15) is 0 Å². The second-order valence-electron chi connectivity index (χ2n) is 7.91. The fraction of sp³-hybridized carbons (Fsp3) is 0.375. The Morgan fingerprint density at radius 3 is 2.35 bits per heavy atom. The minimum absolute atomic E-state index is 0.157. The summed E-state index contributed by atoms with van der Waals surface area (Å²) in [6.07, 6.45) is 3.74. The Morgan fingerprint density at radius 2 is 1.61 bits per heavy atom. The van der Waals surface area contributed by atoms with Gasteiger partial charge in [-0.25, -0.2) is 4.68 Å². The van der Waals surface area contributed by atoms with E-state index in [-0.39, 0.29) is 5.91 Å². The Kier molecular flexibility index (Phi) is 7.28. The molecule has 0 atom stereocenters. The molecule has 1 fully saturated rings. The maximum Gasteiger partial charge on any atom is 0.273 e. The monoisotopic (exact) mass is 418 g/mol. The van der Waals surface area contributed by atoms with Crippen LogP contribution in [0.4, 0.5) is 5.69 Å². The standard InChI is InChI=1S/C24H30N6O/c31-24(23-20-30(27-26-23)19-21-9-3-1-4-10-21)25-13-7-8-14-28-15-17-29(18-16-28)22-11-5-2-6-12-22/h1-6,9-12,20H,7-8,13-19H2,(H,25,31). The highest BCUT2D eigenvalue weighted by molar-refractivity contribution is 5.91. The Hall–Kier alpha value is -3.19. The SMILES string of the molecule is O=C(NCCCCN1CCN(c2ccccc2)CC1)c1cn(Cc2ccccc2)nn1. The third kappa shape index (κ3) is 6.15. The molecule has 162 valence electrons. The minimum Gasteiger partial charge on any atom is -0.369 e. The lowest BCUT2D eigenvalue weighted by atomic mass is 10.2. The van der Waals surface area contributed by atoms with Crippen LogP contribution in [0.3, 0.4) is 0 Å². The van der Waals surface area contributed by atoms with E-state index in [1.54, 1.807) is 10.9 Å². The van der Waals surface area contributed by atoms with E-state index in [0.717, 1.165) is 51.1 Å². The Balaban J connectivity index is 1.11. The predicted molar refractivity (Wildman–Crippen MR) is 122 cm³/mol. The van der Waals surface area contributed by atoms with E-state index in [9.17, 15) is 4.79 Å². The number of carbonyl (C=O) groups is 1. The van der Waals surface area contributed by atoms with Crippen LogP contribution in [0.25, 0.3) is 0 Å². The summed E-state index contributed by atoms with van der Waals surface area (Å²) in [5.41, 5.74) is 2.81. The van der Waals surface area contributed by atoms with Crippen molar-refractivity contribution in [3.05, 3.63) is 78.1 Å². The molecule has 31 heavy (non-hydrogen) atoms. The second kappa shape index (κ2) is 10.7. The van der Waals surface area contributed by atoms with Crippen molar-refractivity contribution < 1.29 is 4.79 Å². The number of piperazine rings is 1. The number of nitrogens with one attached hydrogen (secondary N) is 1. The normalized spacial score (nSPS) is 14.5. The average Bonchev–Trinajstić information content (AvgIpc) is 3.29. The van der Waals surface area contributed by atoms with E-state index >= 15 is 0 Å². The summed E-state index contributed by atoms with van der Waals surface area (Å²) in [6, 6.07) is 20.6. The van der Waals surface area contributed by atoms with Gasteiger partial charge in [0.15, 0.2) is 5.69 Å². The molecular weight excluding hydrogens is 388 g/mol. The molecule has 7 heteroatoms. The molecule has 1 aliphatic heterocycles. The van der Waals surface area contributed by atoms with Gasteiger partial charge in [0.25, 0.3) is 5.91 Å². The molecule has 7 nitrogen and oxygen atoms in total. The molecule has 0 bridgehead atoms. The minimum atomic E-state index is -0.157. The number of amides is 1. The number of para-hydroxylation sites is 1. The third-order valence-corrected chi connectivity index (χ3v) is 5.64.